The molecule has 0 aliphatic carbocycles. The number of ether oxygens (including phenoxy) is 1. The van der Waals surface area contributed by atoms with Crippen molar-refractivity contribution in [2.45, 2.75) is 56.5 Å². The molecule has 0 bridgehead atoms. The number of benzene rings is 1. The van der Waals surface area contributed by atoms with Crippen molar-refractivity contribution in [3.63, 3.8) is 0 Å². The first-order valence-electron chi connectivity index (χ1n) is 9.48. The van der Waals surface area contributed by atoms with Crippen LogP contribution in [0.2, 0.25) is 0 Å². The molecule has 3 heterocycles. The molecule has 0 unspecified atom stereocenters. The van der Waals surface area contributed by atoms with Gasteiger partial charge in [-0.25, -0.2) is 8.78 Å². The molecule has 2 aliphatic heterocycles. The number of aliphatic hydroxyl groups excluding tert-OH is 1. The van der Waals surface area contributed by atoms with Gasteiger partial charge in [-0.05, 0) is 24.6 Å². The molecular formula is C19H21F5N4O2. The Morgan fingerprint density at radius 2 is 2.03 bits per heavy atom. The first-order chi connectivity index (χ1) is 14.1. The second kappa shape index (κ2) is 7.88. The van der Waals surface area contributed by atoms with E-state index in [-0.39, 0.29) is 18.2 Å². The van der Waals surface area contributed by atoms with Gasteiger partial charge < -0.3 is 15.6 Å². The third-order valence-corrected chi connectivity index (χ3v) is 5.57. The van der Waals surface area contributed by atoms with Gasteiger partial charge in [0.2, 0.25) is 0 Å². The highest BCUT2D eigenvalue weighted by molar-refractivity contribution is 5.24. The summed E-state index contributed by atoms with van der Waals surface area (Å²) < 4.78 is 71.9. The lowest BCUT2D eigenvalue weighted by Crippen LogP contribution is -2.47. The largest absolute Gasteiger partial charge is 0.416 e. The number of alkyl halides is 3. The lowest BCUT2D eigenvalue weighted by Gasteiger charge is -2.38. The Morgan fingerprint density at radius 3 is 2.70 bits per heavy atom. The van der Waals surface area contributed by atoms with Crippen LogP contribution in [0, 0.1) is 11.6 Å². The number of nitrogens with zero attached hydrogens (tertiary/aromatic N) is 3. The molecule has 2 aromatic rings. The molecule has 0 radical (unpaired) electrons. The van der Waals surface area contributed by atoms with Crippen LogP contribution >= 0.6 is 0 Å². The van der Waals surface area contributed by atoms with Crippen LogP contribution in [0.3, 0.4) is 0 Å². The number of aromatic nitrogens is 2. The molecular weight excluding hydrogens is 411 g/mol. The average molecular weight is 432 g/mol. The Balaban J connectivity index is 1.37. The van der Waals surface area contributed by atoms with Gasteiger partial charge in [-0.3, -0.25) is 9.58 Å². The average Bonchev–Trinajstić information content (AvgIpc) is 3.21. The van der Waals surface area contributed by atoms with Crippen molar-refractivity contribution >= 4 is 0 Å². The van der Waals surface area contributed by atoms with E-state index in [2.05, 4.69) is 5.10 Å². The topological polar surface area (TPSA) is 76.5 Å². The molecule has 164 valence electrons. The molecule has 1 aromatic carbocycles. The fourth-order valence-corrected chi connectivity index (χ4v) is 4.02. The highest BCUT2D eigenvalue weighted by Gasteiger charge is 2.40. The molecule has 11 heteroatoms. The quantitative estimate of drug-likeness (QED) is 0.725. The highest BCUT2D eigenvalue weighted by Crippen LogP contribution is 2.34. The SMILES string of the molecule is N[C@H]1C[C@@H](N2Cc3cn(C[C@@H](O)C(F)(F)F)nc3C2)CO[C@@H]1c1cc(F)ccc1F. The van der Waals surface area contributed by atoms with Gasteiger partial charge in [0.25, 0.3) is 0 Å². The predicted molar refractivity (Wildman–Crippen MR) is 95.0 cm³/mol. The van der Waals surface area contributed by atoms with E-state index in [0.29, 0.717) is 25.2 Å². The summed E-state index contributed by atoms with van der Waals surface area (Å²) in [5, 5.41) is 13.3. The Hall–Kier alpha value is -2.08. The van der Waals surface area contributed by atoms with E-state index < -0.39 is 42.6 Å². The van der Waals surface area contributed by atoms with Crippen molar-refractivity contribution in [3.05, 3.63) is 52.9 Å². The minimum atomic E-state index is -4.70. The van der Waals surface area contributed by atoms with Crippen molar-refractivity contribution in [2.24, 2.45) is 5.73 Å². The summed E-state index contributed by atoms with van der Waals surface area (Å²) in [7, 11) is 0. The summed E-state index contributed by atoms with van der Waals surface area (Å²) in [5.74, 6) is -1.14. The van der Waals surface area contributed by atoms with Gasteiger partial charge in [-0.15, -0.1) is 0 Å². The Kier molecular flexibility index (Phi) is 5.56. The minimum absolute atomic E-state index is 0.0868. The second-order valence-corrected chi connectivity index (χ2v) is 7.76. The second-order valence-electron chi connectivity index (χ2n) is 7.76. The molecule has 4 atom stereocenters. The standard InChI is InChI=1S/C19H21F5N4O2/c20-11-1-2-14(21)13(3-11)18-15(25)4-12(9-30-18)27-5-10-6-28(26-16(10)7-27)8-17(29)19(22,23)24/h1-3,6,12,15,17-18,29H,4-5,7-9,25H2/t12-,15+,17-,18-/m1/s1. The molecule has 1 aromatic heterocycles. The molecule has 4 rings (SSSR count). The van der Waals surface area contributed by atoms with E-state index in [1.807, 2.05) is 4.90 Å². The van der Waals surface area contributed by atoms with Gasteiger partial charge >= 0.3 is 6.18 Å². The van der Waals surface area contributed by atoms with Crippen molar-refractivity contribution < 1.29 is 31.8 Å². The molecule has 1 fully saturated rings. The molecule has 2 aliphatic rings. The van der Waals surface area contributed by atoms with Gasteiger partial charge in [-0.1, -0.05) is 0 Å². The number of aliphatic hydroxyl groups is 1. The van der Waals surface area contributed by atoms with Crippen molar-refractivity contribution in [1.82, 2.24) is 14.7 Å². The van der Waals surface area contributed by atoms with E-state index in [9.17, 15) is 27.1 Å². The zero-order valence-corrected chi connectivity index (χ0v) is 15.8. The monoisotopic (exact) mass is 432 g/mol. The van der Waals surface area contributed by atoms with Gasteiger partial charge in [-0.2, -0.15) is 18.3 Å². The van der Waals surface area contributed by atoms with Crippen molar-refractivity contribution in [2.75, 3.05) is 6.61 Å². The van der Waals surface area contributed by atoms with Crippen LogP contribution in [0.15, 0.2) is 24.4 Å². The number of hydrogen-bond acceptors (Lipinski definition) is 5. The van der Waals surface area contributed by atoms with Crippen molar-refractivity contribution in [3.8, 4) is 0 Å². The third kappa shape index (κ3) is 4.20. The zero-order valence-electron chi connectivity index (χ0n) is 15.8. The smallest absolute Gasteiger partial charge is 0.382 e. The van der Waals surface area contributed by atoms with Gasteiger partial charge in [0.05, 0.1) is 18.8 Å². The molecule has 0 saturated carbocycles. The first kappa shape index (κ1) is 21.2. The molecule has 6 nitrogen and oxygen atoms in total. The number of halogens is 5. The Bertz CT molecular complexity index is 895. The highest BCUT2D eigenvalue weighted by atomic mass is 19.4. The summed E-state index contributed by atoms with van der Waals surface area (Å²) in [6, 6.07) is 2.53. The van der Waals surface area contributed by atoms with Crippen LogP contribution in [0.25, 0.3) is 0 Å². The van der Waals surface area contributed by atoms with Gasteiger partial charge in [0, 0.05) is 42.5 Å². The molecule has 1 saturated heterocycles. The normalized spacial score (nSPS) is 26.0. The van der Waals surface area contributed by atoms with Crippen LogP contribution in [0.4, 0.5) is 22.0 Å². The first-order valence-corrected chi connectivity index (χ1v) is 9.48. The van der Waals surface area contributed by atoms with E-state index >= 15 is 0 Å². The summed E-state index contributed by atoms with van der Waals surface area (Å²) in [5.41, 5.74) is 7.69. The van der Waals surface area contributed by atoms with E-state index in [0.717, 1.165) is 28.4 Å². The maximum absolute atomic E-state index is 14.1. The number of fused-ring (bicyclic) bond motifs is 1. The Labute approximate surface area is 169 Å². The van der Waals surface area contributed by atoms with Crippen molar-refractivity contribution in [1.29, 1.82) is 0 Å². The van der Waals surface area contributed by atoms with Crippen LogP contribution in [-0.2, 0) is 24.4 Å². The molecule has 3 N–H and O–H groups in total. The van der Waals surface area contributed by atoms with Crippen LogP contribution in [0.1, 0.15) is 29.3 Å². The number of hydrogen-bond donors (Lipinski definition) is 2. The van der Waals surface area contributed by atoms with E-state index in [1.54, 1.807) is 0 Å². The zero-order chi connectivity index (χ0) is 21.6. The summed E-state index contributed by atoms with van der Waals surface area (Å²) in [6.07, 6.45) is -5.94. The lowest BCUT2D eigenvalue weighted by atomic mass is 9.93. The minimum Gasteiger partial charge on any atom is -0.382 e. The summed E-state index contributed by atoms with van der Waals surface area (Å²) >= 11 is 0. The molecule has 30 heavy (non-hydrogen) atoms. The van der Waals surface area contributed by atoms with Gasteiger partial charge in [0.15, 0.2) is 6.10 Å². The van der Waals surface area contributed by atoms with Crippen LogP contribution in [0.5, 0.6) is 0 Å². The summed E-state index contributed by atoms with van der Waals surface area (Å²) in [6.45, 7) is 0.460. The molecule has 0 spiro atoms. The Morgan fingerprint density at radius 1 is 1.27 bits per heavy atom. The van der Waals surface area contributed by atoms with Crippen LogP contribution < -0.4 is 5.73 Å². The van der Waals surface area contributed by atoms with E-state index in [4.69, 9.17) is 10.5 Å². The fraction of sp³-hybridized carbons (Fsp3) is 0.526. The number of nitrogens with two attached hydrogens (primary N) is 1. The molecule has 0 amide bonds. The van der Waals surface area contributed by atoms with Crippen LogP contribution in [-0.4, -0.2) is 50.8 Å². The summed E-state index contributed by atoms with van der Waals surface area (Å²) in [4.78, 5) is 2.04. The number of rotatable bonds is 4. The maximum atomic E-state index is 14.1. The van der Waals surface area contributed by atoms with E-state index in [1.165, 1.54) is 6.20 Å². The fourth-order valence-electron chi connectivity index (χ4n) is 4.02. The maximum Gasteiger partial charge on any atom is 0.416 e. The predicted octanol–water partition coefficient (Wildman–Crippen LogP) is 2.26. The third-order valence-electron chi connectivity index (χ3n) is 5.57. The lowest BCUT2D eigenvalue weighted by molar-refractivity contribution is -0.208. The van der Waals surface area contributed by atoms with Gasteiger partial charge in [0.1, 0.15) is 17.7 Å².